The molecular weight excluding hydrogens is 760 g/mol. The summed E-state index contributed by atoms with van der Waals surface area (Å²) in [5.74, 6) is -3.47. The smallest absolute Gasteiger partial charge is 0.291 e. The molecule has 0 atom stereocenters. The Balaban J connectivity index is 0.975. The maximum Gasteiger partial charge on any atom is 0.291 e. The number of anilines is 2. The molecule has 2 aromatic carbocycles. The van der Waals surface area contributed by atoms with Crippen LogP contribution >= 0.6 is 11.6 Å². The zero-order valence-electron chi connectivity index (χ0n) is 32.0. The molecule has 0 radical (unpaired) electrons. The van der Waals surface area contributed by atoms with Crippen LogP contribution in [0.2, 0.25) is 5.02 Å². The van der Waals surface area contributed by atoms with E-state index < -0.39 is 17.5 Å². The van der Waals surface area contributed by atoms with E-state index in [0.29, 0.717) is 48.8 Å². The van der Waals surface area contributed by atoms with Gasteiger partial charge in [-0.25, -0.2) is 13.8 Å². The van der Waals surface area contributed by atoms with Crippen molar-refractivity contribution in [2.45, 2.75) is 26.3 Å². The zero-order chi connectivity index (χ0) is 40.6. The van der Waals surface area contributed by atoms with Gasteiger partial charge in [0.1, 0.15) is 6.54 Å². The third kappa shape index (κ3) is 8.30. The highest BCUT2D eigenvalue weighted by Crippen LogP contribution is 2.33. The summed E-state index contributed by atoms with van der Waals surface area (Å²) in [6.07, 6.45) is 7.43. The zero-order valence-corrected chi connectivity index (χ0v) is 32.7. The van der Waals surface area contributed by atoms with Crippen LogP contribution in [0.1, 0.15) is 39.5 Å². The number of carbonyl (C=O) groups excluding carboxylic acids is 4. The second kappa shape index (κ2) is 15.9. The highest BCUT2D eigenvalue weighted by molar-refractivity contribution is 6.34. The van der Waals surface area contributed by atoms with E-state index in [-0.39, 0.29) is 63.4 Å². The van der Waals surface area contributed by atoms with Crippen LogP contribution in [-0.4, -0.2) is 121 Å². The normalized spacial score (nSPS) is 15.8. The lowest BCUT2D eigenvalue weighted by molar-refractivity contribution is -0.895. The highest BCUT2D eigenvalue weighted by atomic mass is 35.5. The van der Waals surface area contributed by atoms with Gasteiger partial charge in [0, 0.05) is 86.8 Å². The molecular formula is C39H43ClF2N11O4+. The number of aromatic nitrogens is 6. The minimum Gasteiger partial charge on any atom is -0.339 e. The first-order valence-electron chi connectivity index (χ1n) is 18.5. The fourth-order valence-electron chi connectivity index (χ4n) is 7.38. The largest absolute Gasteiger partial charge is 0.339 e. The number of aromatic amines is 1. The summed E-state index contributed by atoms with van der Waals surface area (Å²) in [7, 11) is 5.86. The molecule has 3 N–H and O–H groups in total. The Labute approximate surface area is 332 Å². The Kier molecular flexibility index (Phi) is 11.0. The average molecular weight is 803 g/mol. The Morgan fingerprint density at radius 3 is 2.28 bits per heavy atom. The minimum atomic E-state index is -1.15. The van der Waals surface area contributed by atoms with Crippen LogP contribution in [0.15, 0.2) is 55.1 Å². The Morgan fingerprint density at radius 1 is 0.912 bits per heavy atom. The van der Waals surface area contributed by atoms with Gasteiger partial charge in [-0.15, -0.1) is 0 Å². The molecule has 0 spiro atoms. The monoisotopic (exact) mass is 802 g/mol. The van der Waals surface area contributed by atoms with Crippen molar-refractivity contribution in [3.8, 4) is 22.4 Å². The average Bonchev–Trinajstić information content (AvgIpc) is 3.92. The lowest BCUT2D eigenvalue weighted by Gasteiger charge is -2.40. The number of benzene rings is 2. The molecule has 7 rings (SSSR count). The standard InChI is InChI=1S/C39H42ClF2N11O4/c1-23-30(21-52(48-23)22-33(54)46-26-18-44-45-19-26)27-7-8-29(35(42)34(27)41)32-20-43-36(49(32)2)37(55)47-25-5-6-28(31(40)17-25)39(57)51-13-11-50(12-14-51)38(56)24-9-15-53(3,4)16-10-24/h5-8,17-21,24H,9-16,22H2,1-4H3,(H2-,43,44,45,46,47,54,55,57)/p+1. The van der Waals surface area contributed by atoms with Gasteiger partial charge in [-0.05, 0) is 31.2 Å². The molecule has 0 saturated carbocycles. The second-order valence-electron chi connectivity index (χ2n) is 15.1. The molecule has 3 aromatic heterocycles. The Morgan fingerprint density at radius 2 is 1.60 bits per heavy atom. The molecule has 298 valence electrons. The van der Waals surface area contributed by atoms with E-state index >= 15 is 8.78 Å². The summed E-state index contributed by atoms with van der Waals surface area (Å²) >= 11 is 6.55. The number of halogens is 3. The molecule has 2 aliphatic rings. The van der Waals surface area contributed by atoms with Crippen molar-refractivity contribution in [3.05, 3.63) is 88.9 Å². The van der Waals surface area contributed by atoms with Gasteiger partial charge in [0.2, 0.25) is 11.8 Å². The van der Waals surface area contributed by atoms with Gasteiger partial charge < -0.3 is 29.5 Å². The second-order valence-corrected chi connectivity index (χ2v) is 15.5. The predicted molar refractivity (Wildman–Crippen MR) is 208 cm³/mol. The Hall–Kier alpha value is -5.94. The third-order valence-electron chi connectivity index (χ3n) is 10.7. The summed E-state index contributed by atoms with van der Waals surface area (Å²) in [4.78, 5) is 60.0. The van der Waals surface area contributed by atoms with Gasteiger partial charge in [-0.2, -0.15) is 10.2 Å². The van der Waals surface area contributed by atoms with Crippen molar-refractivity contribution >= 4 is 46.6 Å². The van der Waals surface area contributed by atoms with Gasteiger partial charge in [0.15, 0.2) is 17.5 Å². The van der Waals surface area contributed by atoms with Crippen molar-refractivity contribution in [2.24, 2.45) is 13.0 Å². The number of likely N-dealkylation sites (tertiary alicyclic amines) is 1. The van der Waals surface area contributed by atoms with E-state index in [1.54, 1.807) is 17.9 Å². The van der Waals surface area contributed by atoms with Gasteiger partial charge >= 0.3 is 0 Å². The first kappa shape index (κ1) is 39.3. The molecule has 5 aromatic rings. The molecule has 2 saturated heterocycles. The quantitative estimate of drug-likeness (QED) is 0.184. The van der Waals surface area contributed by atoms with Gasteiger partial charge in [0.25, 0.3) is 11.8 Å². The lowest BCUT2D eigenvalue weighted by atomic mass is 9.94. The maximum atomic E-state index is 15.7. The SMILES string of the molecule is Cc1nn(CC(=O)Nc2cn[nH]c2)cc1-c1ccc(-c2cnc(C(=O)Nc3ccc(C(=O)N4CCN(C(=O)C5CC[N+](C)(C)CC5)CC4)c(Cl)c3)n2C)c(F)c1F. The number of rotatable bonds is 9. The number of hydrogen-bond acceptors (Lipinski definition) is 7. The van der Waals surface area contributed by atoms with E-state index in [9.17, 15) is 19.2 Å². The fourth-order valence-corrected chi connectivity index (χ4v) is 7.64. The topological polar surface area (TPSA) is 163 Å². The van der Waals surface area contributed by atoms with Crippen LogP contribution in [0.5, 0.6) is 0 Å². The van der Waals surface area contributed by atoms with Crippen LogP contribution in [0, 0.1) is 24.5 Å². The number of piperidine rings is 1. The van der Waals surface area contributed by atoms with Gasteiger partial charge in [0.05, 0.1) is 67.2 Å². The molecule has 4 amide bonds. The van der Waals surface area contributed by atoms with Crippen LogP contribution in [-0.2, 0) is 23.2 Å². The number of quaternary nitrogens is 1. The third-order valence-corrected chi connectivity index (χ3v) is 11.0. The van der Waals surface area contributed by atoms with Crippen LogP contribution in [0.3, 0.4) is 0 Å². The van der Waals surface area contributed by atoms with Crippen molar-refractivity contribution in [1.29, 1.82) is 0 Å². The van der Waals surface area contributed by atoms with Crippen LogP contribution < -0.4 is 10.6 Å². The number of H-pyrrole nitrogens is 1. The number of hydrogen-bond donors (Lipinski definition) is 3. The molecule has 2 fully saturated rings. The van der Waals surface area contributed by atoms with Gasteiger partial charge in [-0.1, -0.05) is 17.7 Å². The van der Waals surface area contributed by atoms with Crippen molar-refractivity contribution < 1.29 is 32.4 Å². The van der Waals surface area contributed by atoms with Crippen molar-refractivity contribution in [2.75, 3.05) is 64.0 Å². The molecule has 5 heterocycles. The first-order valence-corrected chi connectivity index (χ1v) is 18.9. The summed E-state index contributed by atoms with van der Waals surface area (Å²) in [5.41, 5.74) is 1.71. The van der Waals surface area contributed by atoms with E-state index in [1.807, 2.05) is 4.90 Å². The number of amides is 4. The molecule has 0 bridgehead atoms. The number of nitrogens with zero attached hydrogens (tertiary/aromatic N) is 8. The summed E-state index contributed by atoms with van der Waals surface area (Å²) in [5, 5.41) is 16.1. The predicted octanol–water partition coefficient (Wildman–Crippen LogP) is 4.58. The number of nitrogens with one attached hydrogen (secondary N) is 3. The van der Waals surface area contributed by atoms with Crippen molar-refractivity contribution in [3.63, 3.8) is 0 Å². The number of imidazole rings is 1. The number of carbonyl (C=O) groups is 4. The highest BCUT2D eigenvalue weighted by Gasteiger charge is 2.35. The number of aryl methyl sites for hydroxylation is 1. The molecule has 0 unspecified atom stereocenters. The fraction of sp³-hybridized carbons (Fsp3) is 0.359. The molecule has 2 aliphatic heterocycles. The first-order chi connectivity index (χ1) is 27.2. The van der Waals surface area contributed by atoms with Gasteiger partial charge in [-0.3, -0.25) is 29.0 Å². The van der Waals surface area contributed by atoms with Crippen LogP contribution in [0.25, 0.3) is 22.4 Å². The number of piperazine rings is 1. The molecule has 0 aliphatic carbocycles. The van der Waals surface area contributed by atoms with E-state index in [2.05, 4.69) is 45.0 Å². The van der Waals surface area contributed by atoms with E-state index in [1.165, 1.54) is 65.3 Å². The summed E-state index contributed by atoms with van der Waals surface area (Å²) in [6, 6.07) is 7.34. The van der Waals surface area contributed by atoms with Crippen LogP contribution in [0.4, 0.5) is 20.2 Å². The molecule has 15 nitrogen and oxygen atoms in total. The Bertz CT molecular complexity index is 2340. The lowest BCUT2D eigenvalue weighted by Crippen LogP contribution is -2.54. The van der Waals surface area contributed by atoms with Crippen molar-refractivity contribution in [1.82, 2.24) is 39.3 Å². The van der Waals surface area contributed by atoms with E-state index in [0.717, 1.165) is 30.4 Å². The molecule has 57 heavy (non-hydrogen) atoms. The minimum absolute atomic E-state index is 0.0272. The molecule has 18 heteroatoms. The summed E-state index contributed by atoms with van der Waals surface area (Å²) < 4.78 is 34.9. The maximum absolute atomic E-state index is 15.7. The van der Waals surface area contributed by atoms with E-state index in [4.69, 9.17) is 11.6 Å². The summed E-state index contributed by atoms with van der Waals surface area (Å²) in [6.45, 7) is 5.09.